The Kier molecular flexibility index (Phi) is 9.64. The highest BCUT2D eigenvalue weighted by molar-refractivity contribution is 14.0. The molecule has 2 N–H and O–H groups in total. The van der Waals surface area contributed by atoms with Gasteiger partial charge in [0, 0.05) is 26.4 Å². The minimum atomic E-state index is -3.15. The van der Waals surface area contributed by atoms with Crippen LogP contribution in [-0.2, 0) is 22.8 Å². The van der Waals surface area contributed by atoms with Crippen molar-refractivity contribution >= 4 is 39.8 Å². The largest absolute Gasteiger partial charge is 0.356 e. The van der Waals surface area contributed by atoms with Gasteiger partial charge in [0.1, 0.15) is 0 Å². The van der Waals surface area contributed by atoms with Gasteiger partial charge in [-0.2, -0.15) is 0 Å². The number of nitrogens with one attached hydrogen (secondary N) is 2. The molecule has 0 atom stereocenters. The van der Waals surface area contributed by atoms with Crippen molar-refractivity contribution in [3.8, 4) is 0 Å². The Morgan fingerprint density at radius 3 is 2.19 bits per heavy atom. The molecule has 0 saturated heterocycles. The maximum Gasteiger partial charge on any atom is 0.191 e. The predicted octanol–water partition coefficient (Wildman–Crippen LogP) is 3.01. The van der Waals surface area contributed by atoms with Gasteiger partial charge in [-0.25, -0.2) is 8.42 Å². The van der Waals surface area contributed by atoms with E-state index in [1.54, 1.807) is 19.2 Å². The van der Waals surface area contributed by atoms with Crippen LogP contribution in [0.3, 0.4) is 0 Å². The molecule has 0 aliphatic heterocycles. The van der Waals surface area contributed by atoms with Crippen molar-refractivity contribution in [3.63, 3.8) is 0 Å². The van der Waals surface area contributed by atoms with Crippen LogP contribution in [0.5, 0.6) is 0 Å². The van der Waals surface area contributed by atoms with Crippen molar-refractivity contribution in [3.05, 3.63) is 65.7 Å². The van der Waals surface area contributed by atoms with E-state index >= 15 is 0 Å². The van der Waals surface area contributed by atoms with Gasteiger partial charge < -0.3 is 10.6 Å². The lowest BCUT2D eigenvalue weighted by molar-refractivity contribution is 0.602. The van der Waals surface area contributed by atoms with Gasteiger partial charge in [-0.1, -0.05) is 42.5 Å². The van der Waals surface area contributed by atoms with E-state index in [1.807, 2.05) is 18.2 Å². The molecule has 142 valence electrons. The Balaban J connectivity index is 0.00000338. The summed E-state index contributed by atoms with van der Waals surface area (Å²) >= 11 is 0. The number of benzene rings is 2. The van der Waals surface area contributed by atoms with E-state index in [4.69, 9.17) is 0 Å². The summed E-state index contributed by atoms with van der Waals surface area (Å²) in [5.41, 5.74) is 2.33. The standard InChI is InChI=1S/C19H25N3O2S.HI/c1-20-19(21-14-6-9-16-7-4-3-5-8-16)22-15-17-10-12-18(13-11-17)25(2,23)24;/h3-5,7-8,10-13H,6,9,14-15H2,1-2H3,(H2,20,21,22);1H. The van der Waals surface area contributed by atoms with Crippen molar-refractivity contribution in [2.45, 2.75) is 24.3 Å². The summed E-state index contributed by atoms with van der Waals surface area (Å²) in [5, 5.41) is 6.52. The fourth-order valence-electron chi connectivity index (χ4n) is 2.40. The number of hydrogen-bond donors (Lipinski definition) is 2. The normalized spacial score (nSPS) is 11.5. The third-order valence-corrected chi connectivity index (χ3v) is 4.94. The lowest BCUT2D eigenvalue weighted by Gasteiger charge is -2.12. The molecule has 2 aromatic carbocycles. The fourth-order valence-corrected chi connectivity index (χ4v) is 3.04. The molecule has 0 aliphatic carbocycles. The van der Waals surface area contributed by atoms with Gasteiger partial charge in [0.2, 0.25) is 0 Å². The summed E-state index contributed by atoms with van der Waals surface area (Å²) in [7, 11) is -1.41. The Hall–Kier alpha value is -1.61. The van der Waals surface area contributed by atoms with E-state index in [0.717, 1.165) is 30.9 Å². The van der Waals surface area contributed by atoms with E-state index in [1.165, 1.54) is 11.8 Å². The topological polar surface area (TPSA) is 70.6 Å². The number of aliphatic imine (C=N–C) groups is 1. The van der Waals surface area contributed by atoms with Crippen LogP contribution in [0.1, 0.15) is 17.5 Å². The molecule has 0 fully saturated rings. The quantitative estimate of drug-likeness (QED) is 0.273. The molecular weight excluding hydrogens is 461 g/mol. The first-order chi connectivity index (χ1) is 12.0. The average Bonchev–Trinajstić information content (AvgIpc) is 2.61. The van der Waals surface area contributed by atoms with Gasteiger partial charge in [-0.05, 0) is 36.1 Å². The van der Waals surface area contributed by atoms with Crippen LogP contribution in [0.15, 0.2) is 64.5 Å². The molecule has 0 heterocycles. The maximum absolute atomic E-state index is 11.5. The van der Waals surface area contributed by atoms with Crippen LogP contribution in [0.4, 0.5) is 0 Å². The van der Waals surface area contributed by atoms with Gasteiger partial charge in [-0.15, -0.1) is 24.0 Å². The molecule has 0 radical (unpaired) electrons. The first-order valence-electron chi connectivity index (χ1n) is 8.26. The zero-order valence-electron chi connectivity index (χ0n) is 15.1. The SMILES string of the molecule is CN=C(NCCCc1ccccc1)NCc1ccc(S(C)(=O)=O)cc1.I. The molecule has 2 rings (SSSR count). The van der Waals surface area contributed by atoms with Gasteiger partial charge in [0.05, 0.1) is 4.90 Å². The van der Waals surface area contributed by atoms with Crippen LogP contribution >= 0.6 is 24.0 Å². The number of nitrogens with zero attached hydrogens (tertiary/aromatic N) is 1. The summed E-state index contributed by atoms with van der Waals surface area (Å²) in [6.07, 6.45) is 3.26. The second kappa shape index (κ2) is 11.2. The molecule has 2 aromatic rings. The first-order valence-corrected chi connectivity index (χ1v) is 10.2. The third-order valence-electron chi connectivity index (χ3n) is 3.81. The van der Waals surface area contributed by atoms with Crippen LogP contribution in [0.2, 0.25) is 0 Å². The van der Waals surface area contributed by atoms with Gasteiger partial charge in [0.25, 0.3) is 0 Å². The van der Waals surface area contributed by atoms with Crippen molar-refractivity contribution in [2.75, 3.05) is 19.8 Å². The van der Waals surface area contributed by atoms with Gasteiger partial charge in [-0.3, -0.25) is 4.99 Å². The molecule has 26 heavy (non-hydrogen) atoms. The lowest BCUT2D eigenvalue weighted by Crippen LogP contribution is -2.37. The number of halogens is 1. The van der Waals surface area contributed by atoms with Gasteiger partial charge in [0.15, 0.2) is 15.8 Å². The Morgan fingerprint density at radius 2 is 1.62 bits per heavy atom. The van der Waals surface area contributed by atoms with E-state index in [0.29, 0.717) is 11.4 Å². The molecule has 0 unspecified atom stereocenters. The van der Waals surface area contributed by atoms with Crippen molar-refractivity contribution < 1.29 is 8.42 Å². The van der Waals surface area contributed by atoms with E-state index in [9.17, 15) is 8.42 Å². The van der Waals surface area contributed by atoms with Gasteiger partial charge >= 0.3 is 0 Å². The summed E-state index contributed by atoms with van der Waals surface area (Å²) in [5.74, 6) is 0.736. The smallest absolute Gasteiger partial charge is 0.191 e. The van der Waals surface area contributed by atoms with E-state index in [2.05, 4.69) is 39.9 Å². The second-order valence-electron chi connectivity index (χ2n) is 5.86. The van der Waals surface area contributed by atoms with Crippen molar-refractivity contribution in [2.24, 2.45) is 4.99 Å². The van der Waals surface area contributed by atoms with Crippen LogP contribution in [0.25, 0.3) is 0 Å². The highest BCUT2D eigenvalue weighted by Crippen LogP contribution is 2.10. The molecule has 0 aliphatic rings. The molecule has 0 saturated carbocycles. The average molecular weight is 487 g/mol. The molecule has 7 heteroatoms. The Labute approximate surface area is 173 Å². The summed E-state index contributed by atoms with van der Waals surface area (Å²) in [6.45, 7) is 1.42. The second-order valence-corrected chi connectivity index (χ2v) is 7.87. The first kappa shape index (κ1) is 22.4. The fraction of sp³-hybridized carbons (Fsp3) is 0.316. The number of rotatable bonds is 7. The highest BCUT2D eigenvalue weighted by Gasteiger charge is 2.06. The van der Waals surface area contributed by atoms with Crippen molar-refractivity contribution in [1.82, 2.24) is 10.6 Å². The maximum atomic E-state index is 11.5. The monoisotopic (exact) mass is 487 g/mol. The Bertz CT molecular complexity index is 791. The molecule has 0 aromatic heterocycles. The zero-order valence-corrected chi connectivity index (χ0v) is 18.3. The number of hydrogen-bond acceptors (Lipinski definition) is 3. The number of sulfone groups is 1. The lowest BCUT2D eigenvalue weighted by atomic mass is 10.1. The third kappa shape index (κ3) is 7.74. The minimum Gasteiger partial charge on any atom is -0.356 e. The predicted molar refractivity (Wildman–Crippen MR) is 118 cm³/mol. The van der Waals surface area contributed by atoms with E-state index < -0.39 is 9.84 Å². The molecule has 0 spiro atoms. The van der Waals surface area contributed by atoms with Crippen molar-refractivity contribution in [1.29, 1.82) is 0 Å². The molecule has 5 nitrogen and oxygen atoms in total. The number of guanidine groups is 1. The molecule has 0 amide bonds. The highest BCUT2D eigenvalue weighted by atomic mass is 127. The van der Waals surface area contributed by atoms with E-state index in [-0.39, 0.29) is 24.0 Å². The summed E-state index contributed by atoms with van der Waals surface area (Å²) < 4.78 is 22.9. The minimum absolute atomic E-state index is 0. The zero-order chi connectivity index (χ0) is 18.1. The van der Waals surface area contributed by atoms with Crippen LogP contribution in [-0.4, -0.2) is 34.2 Å². The molecular formula is C19H26IN3O2S. The summed E-state index contributed by atoms with van der Waals surface area (Å²) in [4.78, 5) is 4.54. The molecule has 0 bridgehead atoms. The Morgan fingerprint density at radius 1 is 0.962 bits per heavy atom. The summed E-state index contributed by atoms with van der Waals surface area (Å²) in [6, 6.07) is 17.3. The van der Waals surface area contributed by atoms with Crippen LogP contribution < -0.4 is 10.6 Å². The van der Waals surface area contributed by atoms with Crippen LogP contribution in [0, 0.1) is 0 Å². The number of aryl methyl sites for hydroxylation is 1.